The van der Waals surface area contributed by atoms with E-state index in [1.165, 1.54) is 12.3 Å². The molecule has 1 rings (SSSR count). The molecular formula is C12H18N2O4. The van der Waals surface area contributed by atoms with Gasteiger partial charge >= 0.3 is 5.97 Å². The molecule has 0 saturated carbocycles. The number of nitrogens with zero attached hydrogens (tertiary/aromatic N) is 1. The van der Waals surface area contributed by atoms with Crippen molar-refractivity contribution >= 4 is 11.7 Å². The van der Waals surface area contributed by atoms with Gasteiger partial charge in [-0.25, -0.2) is 9.78 Å². The van der Waals surface area contributed by atoms with E-state index in [9.17, 15) is 4.79 Å². The molecule has 1 heterocycles. The van der Waals surface area contributed by atoms with Crippen LogP contribution < -0.4 is 10.5 Å². The summed E-state index contributed by atoms with van der Waals surface area (Å²) in [5.74, 6) is -0.364. The standard InChI is InChI=1S/C12H18N2O4/c1-8(2)7-17-3-4-18-11-10(13)5-9(6-14-11)12(15)16/h5-6,8H,3-4,7,13H2,1-2H3,(H,15,16). The second kappa shape index (κ2) is 6.80. The van der Waals surface area contributed by atoms with Gasteiger partial charge in [-0.3, -0.25) is 0 Å². The van der Waals surface area contributed by atoms with Gasteiger partial charge in [0, 0.05) is 12.8 Å². The van der Waals surface area contributed by atoms with E-state index in [0.29, 0.717) is 25.7 Å². The number of aromatic carboxylic acids is 1. The highest BCUT2D eigenvalue weighted by molar-refractivity contribution is 5.88. The minimum absolute atomic E-state index is 0.0379. The van der Waals surface area contributed by atoms with Crippen molar-refractivity contribution in [1.29, 1.82) is 0 Å². The number of hydrogen-bond acceptors (Lipinski definition) is 5. The van der Waals surface area contributed by atoms with Gasteiger partial charge in [-0.1, -0.05) is 13.8 Å². The Hall–Kier alpha value is -1.82. The molecule has 1 aromatic rings. The third-order valence-corrected chi connectivity index (χ3v) is 2.04. The number of rotatable bonds is 7. The fourth-order valence-electron chi connectivity index (χ4n) is 1.22. The van der Waals surface area contributed by atoms with Gasteiger partial charge in [0.1, 0.15) is 6.61 Å². The maximum absolute atomic E-state index is 10.7. The molecule has 1 aromatic heterocycles. The van der Waals surface area contributed by atoms with Gasteiger partial charge in [-0.2, -0.15) is 0 Å². The molecule has 0 atom stereocenters. The van der Waals surface area contributed by atoms with Crippen LogP contribution in [0.2, 0.25) is 0 Å². The van der Waals surface area contributed by atoms with Crippen molar-refractivity contribution in [2.24, 2.45) is 5.92 Å². The maximum atomic E-state index is 10.7. The first-order valence-electron chi connectivity index (χ1n) is 5.70. The van der Waals surface area contributed by atoms with E-state index in [0.717, 1.165) is 0 Å². The number of hydrogen-bond donors (Lipinski definition) is 2. The zero-order valence-electron chi connectivity index (χ0n) is 10.5. The van der Waals surface area contributed by atoms with E-state index in [-0.39, 0.29) is 17.1 Å². The molecule has 0 aliphatic carbocycles. The lowest BCUT2D eigenvalue weighted by atomic mass is 10.2. The summed E-state index contributed by atoms with van der Waals surface area (Å²) in [4.78, 5) is 14.5. The number of carbonyl (C=O) groups is 1. The second-order valence-corrected chi connectivity index (χ2v) is 4.24. The molecule has 0 spiro atoms. The van der Waals surface area contributed by atoms with Crippen LogP contribution >= 0.6 is 0 Å². The van der Waals surface area contributed by atoms with Crippen molar-refractivity contribution in [1.82, 2.24) is 4.98 Å². The van der Waals surface area contributed by atoms with Gasteiger partial charge < -0.3 is 20.3 Å². The number of anilines is 1. The number of nitrogen functional groups attached to an aromatic ring is 1. The average molecular weight is 254 g/mol. The Morgan fingerprint density at radius 2 is 2.22 bits per heavy atom. The molecule has 6 heteroatoms. The zero-order chi connectivity index (χ0) is 13.5. The van der Waals surface area contributed by atoms with E-state index >= 15 is 0 Å². The topological polar surface area (TPSA) is 94.7 Å². The van der Waals surface area contributed by atoms with Crippen LogP contribution in [-0.4, -0.2) is 35.9 Å². The first kappa shape index (κ1) is 14.2. The normalized spacial score (nSPS) is 10.6. The van der Waals surface area contributed by atoms with Crippen molar-refractivity contribution in [3.63, 3.8) is 0 Å². The molecule has 0 fully saturated rings. The molecule has 0 amide bonds. The van der Waals surface area contributed by atoms with Gasteiger partial charge in [-0.05, 0) is 12.0 Å². The largest absolute Gasteiger partial charge is 0.478 e. The molecule has 0 aromatic carbocycles. The van der Waals surface area contributed by atoms with E-state index in [1.807, 2.05) is 0 Å². The first-order chi connectivity index (χ1) is 8.50. The van der Waals surface area contributed by atoms with Crippen LogP contribution in [-0.2, 0) is 4.74 Å². The number of carboxylic acid groups (broad SMARTS) is 1. The van der Waals surface area contributed by atoms with Crippen molar-refractivity contribution < 1.29 is 19.4 Å². The Morgan fingerprint density at radius 3 is 2.78 bits per heavy atom. The molecule has 0 radical (unpaired) electrons. The van der Waals surface area contributed by atoms with E-state index in [4.69, 9.17) is 20.3 Å². The van der Waals surface area contributed by atoms with Crippen LogP contribution in [0.25, 0.3) is 0 Å². The summed E-state index contributed by atoms with van der Waals surface area (Å²) < 4.78 is 10.6. The monoisotopic (exact) mass is 254 g/mol. The molecule has 0 aliphatic rings. The fourth-order valence-corrected chi connectivity index (χ4v) is 1.22. The lowest BCUT2D eigenvalue weighted by molar-refractivity contribution is 0.0695. The summed E-state index contributed by atoms with van der Waals surface area (Å²) in [5, 5.41) is 8.74. The Labute approximate surface area is 106 Å². The number of pyridine rings is 1. The summed E-state index contributed by atoms with van der Waals surface area (Å²) in [5.41, 5.74) is 5.88. The van der Waals surface area contributed by atoms with Crippen LogP contribution in [0, 0.1) is 5.92 Å². The van der Waals surface area contributed by atoms with Crippen LogP contribution in [0.3, 0.4) is 0 Å². The minimum Gasteiger partial charge on any atom is -0.478 e. The average Bonchev–Trinajstić information content (AvgIpc) is 2.29. The fraction of sp³-hybridized carbons (Fsp3) is 0.500. The van der Waals surface area contributed by atoms with Gasteiger partial charge in [0.25, 0.3) is 0 Å². The molecule has 0 aliphatic heterocycles. The number of nitrogens with two attached hydrogens (primary N) is 1. The summed E-state index contributed by atoms with van der Waals surface area (Å²) in [6, 6.07) is 1.32. The van der Waals surface area contributed by atoms with Crippen LogP contribution in [0.4, 0.5) is 5.69 Å². The highest BCUT2D eigenvalue weighted by Gasteiger charge is 2.08. The number of ether oxygens (including phenoxy) is 2. The van der Waals surface area contributed by atoms with Crippen molar-refractivity contribution in [2.75, 3.05) is 25.6 Å². The van der Waals surface area contributed by atoms with Crippen molar-refractivity contribution in [2.45, 2.75) is 13.8 Å². The predicted molar refractivity (Wildman–Crippen MR) is 66.8 cm³/mol. The second-order valence-electron chi connectivity index (χ2n) is 4.24. The van der Waals surface area contributed by atoms with E-state index < -0.39 is 5.97 Å². The van der Waals surface area contributed by atoms with E-state index in [1.54, 1.807) is 0 Å². The number of carboxylic acids is 1. The van der Waals surface area contributed by atoms with Crippen molar-refractivity contribution in [3.8, 4) is 5.88 Å². The molecular weight excluding hydrogens is 236 g/mol. The highest BCUT2D eigenvalue weighted by Crippen LogP contribution is 2.18. The molecule has 0 unspecified atom stereocenters. The van der Waals surface area contributed by atoms with Gasteiger partial charge in [0.15, 0.2) is 0 Å². The molecule has 0 saturated heterocycles. The molecule has 3 N–H and O–H groups in total. The van der Waals surface area contributed by atoms with Crippen LogP contribution in [0.5, 0.6) is 5.88 Å². The quantitative estimate of drug-likeness (QED) is 0.714. The predicted octanol–water partition coefficient (Wildman–Crippen LogP) is 1.41. The van der Waals surface area contributed by atoms with Crippen LogP contribution in [0.15, 0.2) is 12.3 Å². The Kier molecular flexibility index (Phi) is 5.38. The summed E-state index contributed by atoms with van der Waals surface area (Å²) in [7, 11) is 0. The molecule has 100 valence electrons. The van der Waals surface area contributed by atoms with Gasteiger partial charge in [-0.15, -0.1) is 0 Å². The third-order valence-electron chi connectivity index (χ3n) is 2.04. The van der Waals surface area contributed by atoms with Gasteiger partial charge in [0.2, 0.25) is 5.88 Å². The minimum atomic E-state index is -1.07. The van der Waals surface area contributed by atoms with Crippen molar-refractivity contribution in [3.05, 3.63) is 17.8 Å². The SMILES string of the molecule is CC(C)COCCOc1ncc(C(=O)O)cc1N. The lowest BCUT2D eigenvalue weighted by Crippen LogP contribution is -2.12. The Morgan fingerprint density at radius 1 is 1.50 bits per heavy atom. The lowest BCUT2D eigenvalue weighted by Gasteiger charge is -2.09. The summed E-state index contributed by atoms with van der Waals surface area (Å²) >= 11 is 0. The summed E-state index contributed by atoms with van der Waals surface area (Å²) in [6.45, 7) is 5.57. The summed E-state index contributed by atoms with van der Waals surface area (Å²) in [6.07, 6.45) is 1.21. The van der Waals surface area contributed by atoms with E-state index in [2.05, 4.69) is 18.8 Å². The smallest absolute Gasteiger partial charge is 0.337 e. The third kappa shape index (κ3) is 4.58. The van der Waals surface area contributed by atoms with Crippen LogP contribution in [0.1, 0.15) is 24.2 Å². The maximum Gasteiger partial charge on any atom is 0.337 e. The first-order valence-corrected chi connectivity index (χ1v) is 5.70. The zero-order valence-corrected chi connectivity index (χ0v) is 10.5. The highest BCUT2D eigenvalue weighted by atomic mass is 16.5. The molecule has 18 heavy (non-hydrogen) atoms. The van der Waals surface area contributed by atoms with Gasteiger partial charge in [0.05, 0.1) is 17.9 Å². The molecule has 0 bridgehead atoms. The molecule has 6 nitrogen and oxygen atoms in total. The number of aromatic nitrogens is 1. The Balaban J connectivity index is 2.41. The Bertz CT molecular complexity index is 407.